The number of aryl methyl sites for hydroxylation is 1. The molecule has 0 radical (unpaired) electrons. The average molecular weight is 233 g/mol. The molecule has 2 atom stereocenters. The monoisotopic (exact) mass is 233 g/mol. The Kier molecular flexibility index (Phi) is 4.57. The van der Waals surface area contributed by atoms with Crippen LogP contribution in [0.3, 0.4) is 0 Å². The van der Waals surface area contributed by atoms with Gasteiger partial charge in [0.25, 0.3) is 0 Å². The van der Waals surface area contributed by atoms with Gasteiger partial charge in [-0.2, -0.15) is 0 Å². The number of ether oxygens (including phenoxy) is 1. The summed E-state index contributed by atoms with van der Waals surface area (Å²) in [5.74, 6) is 0.703. The Labute approximate surface area is 104 Å². The molecule has 1 fully saturated rings. The van der Waals surface area contributed by atoms with Crippen LogP contribution in [-0.4, -0.2) is 19.8 Å². The van der Waals surface area contributed by atoms with Crippen molar-refractivity contribution < 1.29 is 4.74 Å². The summed E-state index contributed by atoms with van der Waals surface area (Å²) in [6, 6.07) is 9.34. The van der Waals surface area contributed by atoms with E-state index in [0.29, 0.717) is 12.0 Å². The highest BCUT2D eigenvalue weighted by Crippen LogP contribution is 2.19. The zero-order valence-electron chi connectivity index (χ0n) is 10.9. The fraction of sp³-hybridized carbons (Fsp3) is 0.600. The van der Waals surface area contributed by atoms with Gasteiger partial charge in [0.15, 0.2) is 0 Å². The van der Waals surface area contributed by atoms with Crippen LogP contribution >= 0.6 is 0 Å². The Bertz CT molecular complexity index is 327. The number of rotatable bonds is 5. The van der Waals surface area contributed by atoms with Crippen molar-refractivity contribution in [2.75, 3.05) is 19.8 Å². The van der Waals surface area contributed by atoms with E-state index in [-0.39, 0.29) is 0 Å². The lowest BCUT2D eigenvalue weighted by molar-refractivity contribution is 0.184. The Balaban J connectivity index is 1.89. The number of benzene rings is 1. The van der Waals surface area contributed by atoms with E-state index < -0.39 is 0 Å². The van der Waals surface area contributed by atoms with Gasteiger partial charge in [-0.05, 0) is 31.2 Å². The van der Waals surface area contributed by atoms with Crippen molar-refractivity contribution in [3.05, 3.63) is 35.4 Å². The molecule has 1 aliphatic heterocycles. The summed E-state index contributed by atoms with van der Waals surface area (Å²) in [5, 5.41) is 3.67. The molecule has 2 rings (SSSR count). The van der Waals surface area contributed by atoms with E-state index in [9.17, 15) is 0 Å². The molecule has 2 unspecified atom stereocenters. The van der Waals surface area contributed by atoms with E-state index in [0.717, 1.165) is 26.2 Å². The molecule has 2 heteroatoms. The predicted octanol–water partition coefficient (Wildman–Crippen LogP) is 3.07. The Morgan fingerprint density at radius 2 is 2.12 bits per heavy atom. The van der Waals surface area contributed by atoms with Gasteiger partial charge in [0.05, 0.1) is 6.61 Å². The fourth-order valence-corrected chi connectivity index (χ4v) is 2.35. The van der Waals surface area contributed by atoms with Crippen molar-refractivity contribution in [1.82, 2.24) is 5.32 Å². The van der Waals surface area contributed by atoms with Crippen LogP contribution in [-0.2, 0) is 4.74 Å². The highest BCUT2D eigenvalue weighted by atomic mass is 16.5. The third kappa shape index (κ3) is 3.55. The molecule has 0 bridgehead atoms. The number of hydrogen-bond acceptors (Lipinski definition) is 2. The van der Waals surface area contributed by atoms with Gasteiger partial charge in [0, 0.05) is 19.2 Å². The third-order valence-corrected chi connectivity index (χ3v) is 3.56. The maximum atomic E-state index is 5.40. The molecule has 17 heavy (non-hydrogen) atoms. The zero-order chi connectivity index (χ0) is 12.1. The predicted molar refractivity (Wildman–Crippen MR) is 71.1 cm³/mol. The van der Waals surface area contributed by atoms with Gasteiger partial charge < -0.3 is 10.1 Å². The number of hydrogen-bond donors (Lipinski definition) is 1. The summed E-state index contributed by atoms with van der Waals surface area (Å²) >= 11 is 0. The largest absolute Gasteiger partial charge is 0.381 e. The van der Waals surface area contributed by atoms with Crippen LogP contribution in [0.5, 0.6) is 0 Å². The maximum absolute atomic E-state index is 5.40. The molecule has 0 saturated carbocycles. The minimum atomic E-state index is 0.483. The summed E-state index contributed by atoms with van der Waals surface area (Å²) < 4.78 is 5.40. The average Bonchev–Trinajstić information content (AvgIpc) is 2.85. The van der Waals surface area contributed by atoms with Crippen LogP contribution in [0.2, 0.25) is 0 Å². The van der Waals surface area contributed by atoms with Gasteiger partial charge in [-0.1, -0.05) is 36.8 Å². The third-order valence-electron chi connectivity index (χ3n) is 3.56. The maximum Gasteiger partial charge on any atom is 0.0507 e. The highest BCUT2D eigenvalue weighted by Gasteiger charge is 2.17. The topological polar surface area (TPSA) is 21.3 Å². The van der Waals surface area contributed by atoms with Crippen molar-refractivity contribution in [3.63, 3.8) is 0 Å². The van der Waals surface area contributed by atoms with Crippen molar-refractivity contribution in [3.8, 4) is 0 Å². The lowest BCUT2D eigenvalue weighted by Crippen LogP contribution is -2.27. The molecule has 1 saturated heterocycles. The smallest absolute Gasteiger partial charge is 0.0507 e. The van der Waals surface area contributed by atoms with Crippen molar-refractivity contribution >= 4 is 0 Å². The Morgan fingerprint density at radius 3 is 2.71 bits per heavy atom. The SMILES string of the molecule is CCC(NCC1CCOC1)c1ccc(C)cc1. The standard InChI is InChI=1S/C15H23NO/c1-3-15(14-6-4-12(2)5-7-14)16-10-13-8-9-17-11-13/h4-7,13,15-16H,3,8-11H2,1-2H3. The summed E-state index contributed by atoms with van der Waals surface area (Å²) in [7, 11) is 0. The van der Waals surface area contributed by atoms with Crippen LogP contribution in [0.15, 0.2) is 24.3 Å². The van der Waals surface area contributed by atoms with Crippen molar-refractivity contribution in [2.24, 2.45) is 5.92 Å². The summed E-state index contributed by atoms with van der Waals surface area (Å²) in [6.07, 6.45) is 2.34. The van der Waals surface area contributed by atoms with E-state index in [1.54, 1.807) is 0 Å². The van der Waals surface area contributed by atoms with Crippen LogP contribution in [0.4, 0.5) is 0 Å². The first-order valence-corrected chi connectivity index (χ1v) is 6.67. The molecule has 94 valence electrons. The first-order chi connectivity index (χ1) is 8.29. The molecule has 0 spiro atoms. The molecule has 0 aliphatic carbocycles. The van der Waals surface area contributed by atoms with E-state index in [4.69, 9.17) is 4.74 Å². The first-order valence-electron chi connectivity index (χ1n) is 6.67. The van der Waals surface area contributed by atoms with Gasteiger partial charge >= 0.3 is 0 Å². The number of nitrogens with one attached hydrogen (secondary N) is 1. The lowest BCUT2D eigenvalue weighted by Gasteiger charge is -2.19. The van der Waals surface area contributed by atoms with Gasteiger partial charge in [0.2, 0.25) is 0 Å². The van der Waals surface area contributed by atoms with Gasteiger partial charge in [-0.15, -0.1) is 0 Å². The van der Waals surface area contributed by atoms with Gasteiger partial charge in [-0.25, -0.2) is 0 Å². The molecular weight excluding hydrogens is 210 g/mol. The molecular formula is C15H23NO. The van der Waals surface area contributed by atoms with Crippen LogP contribution in [0.25, 0.3) is 0 Å². The minimum absolute atomic E-state index is 0.483. The molecule has 0 aromatic heterocycles. The summed E-state index contributed by atoms with van der Waals surface area (Å²) in [4.78, 5) is 0. The van der Waals surface area contributed by atoms with E-state index in [2.05, 4.69) is 43.4 Å². The highest BCUT2D eigenvalue weighted by molar-refractivity contribution is 5.24. The zero-order valence-corrected chi connectivity index (χ0v) is 10.9. The second-order valence-corrected chi connectivity index (χ2v) is 5.01. The van der Waals surface area contributed by atoms with Crippen LogP contribution in [0.1, 0.15) is 36.9 Å². The van der Waals surface area contributed by atoms with Crippen LogP contribution in [0, 0.1) is 12.8 Å². The molecule has 1 heterocycles. The normalized spacial score (nSPS) is 21.6. The van der Waals surface area contributed by atoms with Gasteiger partial charge in [0.1, 0.15) is 0 Å². The minimum Gasteiger partial charge on any atom is -0.381 e. The second-order valence-electron chi connectivity index (χ2n) is 5.01. The van der Waals surface area contributed by atoms with Crippen molar-refractivity contribution in [2.45, 2.75) is 32.7 Å². The molecule has 2 nitrogen and oxygen atoms in total. The molecule has 1 aliphatic rings. The summed E-state index contributed by atoms with van der Waals surface area (Å²) in [5.41, 5.74) is 2.73. The van der Waals surface area contributed by atoms with Gasteiger partial charge in [-0.3, -0.25) is 0 Å². The van der Waals surface area contributed by atoms with E-state index in [1.165, 1.54) is 17.5 Å². The molecule has 1 N–H and O–H groups in total. The molecule has 1 aromatic carbocycles. The quantitative estimate of drug-likeness (QED) is 0.844. The second kappa shape index (κ2) is 6.18. The molecule has 1 aromatic rings. The first kappa shape index (κ1) is 12.6. The Hall–Kier alpha value is -0.860. The van der Waals surface area contributed by atoms with Crippen LogP contribution < -0.4 is 5.32 Å². The van der Waals surface area contributed by atoms with E-state index >= 15 is 0 Å². The Morgan fingerprint density at radius 1 is 1.35 bits per heavy atom. The fourth-order valence-electron chi connectivity index (χ4n) is 2.35. The summed E-state index contributed by atoms with van der Waals surface area (Å²) in [6.45, 7) is 7.31. The molecule has 0 amide bonds. The van der Waals surface area contributed by atoms with E-state index in [1.807, 2.05) is 0 Å². The van der Waals surface area contributed by atoms with Crippen molar-refractivity contribution in [1.29, 1.82) is 0 Å². The lowest BCUT2D eigenvalue weighted by atomic mass is 10.0.